The number of aromatic nitrogens is 6. The van der Waals surface area contributed by atoms with Gasteiger partial charge in [0.1, 0.15) is 23.5 Å². The van der Waals surface area contributed by atoms with Crippen LogP contribution in [0.4, 0.5) is 5.69 Å². The van der Waals surface area contributed by atoms with Crippen LogP contribution in [0.1, 0.15) is 31.5 Å². The minimum absolute atomic E-state index is 0.0781. The van der Waals surface area contributed by atoms with Gasteiger partial charge in [-0.2, -0.15) is 5.10 Å². The number of aryl methyl sites for hydroxylation is 2. The van der Waals surface area contributed by atoms with E-state index in [1.807, 2.05) is 42.6 Å². The first-order chi connectivity index (χ1) is 23.7. The lowest BCUT2D eigenvalue weighted by Gasteiger charge is -2.07. The van der Waals surface area contributed by atoms with Crippen LogP contribution in [0.25, 0.3) is 22.3 Å². The summed E-state index contributed by atoms with van der Waals surface area (Å²) in [6.45, 7) is 3.70. The summed E-state index contributed by atoms with van der Waals surface area (Å²) >= 11 is 1.78. The number of ether oxygens (including phenoxy) is 3. The summed E-state index contributed by atoms with van der Waals surface area (Å²) < 4.78 is 16.0. The van der Waals surface area contributed by atoms with E-state index >= 15 is 0 Å². The molecule has 0 aliphatic heterocycles. The van der Waals surface area contributed by atoms with Crippen LogP contribution in [0.3, 0.4) is 0 Å². The van der Waals surface area contributed by atoms with Crippen molar-refractivity contribution in [1.82, 2.24) is 30.1 Å². The molecule has 5 aromatic heterocycles. The zero-order valence-electron chi connectivity index (χ0n) is 26.5. The molecule has 49 heavy (non-hydrogen) atoms. The standard InChI is InChI=1S/C21H17N5OS.C14H12N2O5/c1-13-5-6-17(28-13)11-19-24-21(26-25-19)15-3-2-4-16(9-15)27-20-10-14-7-8-22-18(14)12-23-20;1-9-6-13(15-8-12(9)16(18)19)21-11-5-3-4-10(7-11)14(17)20-2/h2-10,12,22H,11H2,1H3,(H,24,25,26);3-8H,1-2H3. The van der Waals surface area contributed by atoms with Crippen molar-refractivity contribution in [3.8, 4) is 34.6 Å². The van der Waals surface area contributed by atoms with Crippen molar-refractivity contribution in [1.29, 1.82) is 0 Å². The number of fused-ring (bicyclic) bond motifs is 1. The molecule has 0 fully saturated rings. The molecule has 0 atom stereocenters. The minimum Gasteiger partial charge on any atom is -0.465 e. The maximum atomic E-state index is 11.4. The zero-order valence-corrected chi connectivity index (χ0v) is 27.4. The zero-order chi connectivity index (χ0) is 34.3. The predicted molar refractivity (Wildman–Crippen MR) is 183 cm³/mol. The van der Waals surface area contributed by atoms with Gasteiger partial charge >= 0.3 is 5.97 Å². The third kappa shape index (κ3) is 8.12. The second-order valence-corrected chi connectivity index (χ2v) is 12.1. The molecule has 0 bridgehead atoms. The van der Waals surface area contributed by atoms with Crippen LogP contribution < -0.4 is 9.47 Å². The highest BCUT2D eigenvalue weighted by Crippen LogP contribution is 2.28. The molecule has 0 unspecified atom stereocenters. The van der Waals surface area contributed by atoms with Crippen molar-refractivity contribution < 1.29 is 23.9 Å². The van der Waals surface area contributed by atoms with Gasteiger partial charge in [0.15, 0.2) is 5.82 Å². The topological polar surface area (TPSA) is 171 Å². The summed E-state index contributed by atoms with van der Waals surface area (Å²) in [6.07, 6.45) is 5.54. The number of nitrogens with one attached hydrogen (secondary N) is 2. The van der Waals surface area contributed by atoms with E-state index < -0.39 is 10.9 Å². The Morgan fingerprint density at radius 2 is 1.67 bits per heavy atom. The van der Waals surface area contributed by atoms with Crippen molar-refractivity contribution >= 4 is 33.9 Å². The van der Waals surface area contributed by atoms with Crippen LogP contribution in [-0.4, -0.2) is 48.1 Å². The van der Waals surface area contributed by atoms with Gasteiger partial charge in [-0.1, -0.05) is 18.2 Å². The third-order valence-corrected chi connectivity index (χ3v) is 8.13. The monoisotopic (exact) mass is 675 g/mol. The largest absolute Gasteiger partial charge is 0.465 e. The summed E-state index contributed by atoms with van der Waals surface area (Å²) in [4.78, 5) is 40.2. The van der Waals surface area contributed by atoms with Gasteiger partial charge in [-0.25, -0.2) is 19.7 Å². The Morgan fingerprint density at radius 1 is 0.918 bits per heavy atom. The summed E-state index contributed by atoms with van der Waals surface area (Å²) in [7, 11) is 1.29. The number of H-pyrrole nitrogens is 2. The Kier molecular flexibility index (Phi) is 9.67. The van der Waals surface area contributed by atoms with Gasteiger partial charge in [0.25, 0.3) is 5.69 Å². The molecule has 7 aromatic rings. The Bertz CT molecular complexity index is 2260. The van der Waals surface area contributed by atoms with Crippen molar-refractivity contribution in [2.24, 2.45) is 0 Å². The van der Waals surface area contributed by atoms with Crippen molar-refractivity contribution in [2.75, 3.05) is 7.11 Å². The summed E-state index contributed by atoms with van der Waals surface area (Å²) in [5.74, 6) is 2.87. The van der Waals surface area contributed by atoms with Gasteiger partial charge < -0.3 is 19.2 Å². The number of aromatic amines is 2. The molecule has 2 N–H and O–H groups in total. The third-order valence-electron chi connectivity index (χ3n) is 7.13. The molecule has 13 nitrogen and oxygen atoms in total. The average Bonchev–Trinajstić information content (AvgIpc) is 3.86. The fraction of sp³-hybridized carbons (Fsp3) is 0.114. The number of hydrogen-bond donors (Lipinski definition) is 2. The van der Waals surface area contributed by atoms with Gasteiger partial charge in [-0.15, -0.1) is 11.3 Å². The molecule has 5 heterocycles. The number of benzene rings is 2. The van der Waals surface area contributed by atoms with Gasteiger partial charge in [0, 0.05) is 51.0 Å². The maximum absolute atomic E-state index is 11.4. The van der Waals surface area contributed by atoms with Gasteiger partial charge in [-0.05, 0) is 62.4 Å². The second kappa shape index (κ2) is 14.6. The lowest BCUT2D eigenvalue weighted by Crippen LogP contribution is -2.01. The number of thiophene rings is 1. The van der Waals surface area contributed by atoms with Gasteiger partial charge in [0.2, 0.25) is 11.8 Å². The molecule has 0 spiro atoms. The molecule has 0 amide bonds. The fourth-order valence-corrected chi connectivity index (χ4v) is 5.64. The molecule has 0 aliphatic carbocycles. The number of hydrogen-bond acceptors (Lipinski definition) is 11. The van der Waals surface area contributed by atoms with Gasteiger partial charge in [-0.3, -0.25) is 15.2 Å². The predicted octanol–water partition coefficient (Wildman–Crippen LogP) is 7.98. The van der Waals surface area contributed by atoms with Crippen LogP contribution >= 0.6 is 11.3 Å². The Hall–Kier alpha value is -6.41. The molecular weight excluding hydrogens is 646 g/mol. The van der Waals surface area contributed by atoms with Crippen molar-refractivity contribution in [3.05, 3.63) is 134 Å². The minimum atomic E-state index is -0.510. The van der Waals surface area contributed by atoms with Crippen LogP contribution in [0.5, 0.6) is 23.3 Å². The number of methoxy groups -OCH3 is 1. The van der Waals surface area contributed by atoms with Crippen LogP contribution in [-0.2, 0) is 11.2 Å². The first kappa shape index (κ1) is 32.5. The maximum Gasteiger partial charge on any atom is 0.337 e. The van der Waals surface area contributed by atoms with Crippen LogP contribution in [0.15, 0.2) is 97.5 Å². The number of nitro groups is 1. The second-order valence-electron chi connectivity index (χ2n) is 10.7. The lowest BCUT2D eigenvalue weighted by molar-refractivity contribution is -0.385. The molecule has 0 radical (unpaired) electrons. The van der Waals surface area contributed by atoms with Crippen molar-refractivity contribution in [2.45, 2.75) is 20.3 Å². The molecule has 2 aromatic carbocycles. The number of rotatable bonds is 9. The normalized spacial score (nSPS) is 10.7. The lowest BCUT2D eigenvalue weighted by atomic mass is 10.2. The summed E-state index contributed by atoms with van der Waals surface area (Å²) in [5, 5.41) is 19.2. The molecule has 0 saturated heterocycles. The van der Waals surface area contributed by atoms with E-state index in [0.717, 1.165) is 34.9 Å². The average molecular weight is 676 g/mol. The van der Waals surface area contributed by atoms with E-state index in [9.17, 15) is 14.9 Å². The summed E-state index contributed by atoms with van der Waals surface area (Å²) in [5.41, 5.74) is 2.58. The highest BCUT2D eigenvalue weighted by Gasteiger charge is 2.14. The van der Waals surface area contributed by atoms with E-state index in [1.54, 1.807) is 42.7 Å². The van der Waals surface area contributed by atoms with Crippen LogP contribution in [0.2, 0.25) is 0 Å². The first-order valence-corrected chi connectivity index (χ1v) is 15.7. The highest BCUT2D eigenvalue weighted by atomic mass is 32.1. The molecular formula is C35H29N7O6S. The van der Waals surface area contributed by atoms with E-state index in [0.29, 0.717) is 34.3 Å². The summed E-state index contributed by atoms with van der Waals surface area (Å²) in [6, 6.07) is 23.7. The van der Waals surface area contributed by atoms with E-state index in [1.165, 1.54) is 29.0 Å². The van der Waals surface area contributed by atoms with E-state index in [-0.39, 0.29) is 11.6 Å². The van der Waals surface area contributed by atoms with Crippen molar-refractivity contribution in [3.63, 3.8) is 0 Å². The quantitative estimate of drug-likeness (QED) is 0.0868. The van der Waals surface area contributed by atoms with Crippen LogP contribution in [0, 0.1) is 24.0 Å². The molecule has 0 saturated carbocycles. The number of carbonyl (C=O) groups is 1. The number of nitrogens with zero attached hydrogens (tertiary/aromatic N) is 5. The fourth-order valence-electron chi connectivity index (χ4n) is 4.75. The number of pyridine rings is 2. The molecule has 7 rings (SSSR count). The van der Waals surface area contributed by atoms with Gasteiger partial charge in [0.05, 0.1) is 29.3 Å². The molecule has 0 aliphatic rings. The Labute approximate surface area is 283 Å². The number of carbonyl (C=O) groups excluding carboxylic acids is 1. The van der Waals surface area contributed by atoms with E-state index in [2.05, 4.69) is 53.9 Å². The molecule has 246 valence electrons. The number of esters is 1. The first-order valence-electron chi connectivity index (χ1n) is 14.9. The van der Waals surface area contributed by atoms with E-state index in [4.69, 9.17) is 9.47 Å². The molecule has 14 heteroatoms. The Balaban J connectivity index is 0.000000178. The SMILES string of the molecule is COC(=O)c1cccc(Oc2cc(C)c([N+](=O)[O-])cn2)c1.Cc1ccc(Cc2nc(-c3cccc(Oc4cc5cc[nH]c5cn4)c3)n[nH]2)s1. The highest BCUT2D eigenvalue weighted by molar-refractivity contribution is 7.11. The Morgan fingerprint density at radius 3 is 2.41 bits per heavy atom. The smallest absolute Gasteiger partial charge is 0.337 e.